The molecule has 10 heteroatoms. The summed E-state index contributed by atoms with van der Waals surface area (Å²) < 4.78 is 0. The van der Waals surface area contributed by atoms with Crippen molar-refractivity contribution in [3.63, 3.8) is 0 Å². The maximum atomic E-state index is 12.5. The Morgan fingerprint density at radius 1 is 1.09 bits per heavy atom. The number of anilines is 1. The van der Waals surface area contributed by atoms with Crippen LogP contribution < -0.4 is 10.6 Å². The number of aliphatic hydroxyl groups excluding tert-OH is 1. The minimum Gasteiger partial charge on any atom is -0.395 e. The number of tetrazole rings is 1. The summed E-state index contributed by atoms with van der Waals surface area (Å²) in [5.74, 6) is 1.47. The van der Waals surface area contributed by atoms with Gasteiger partial charge in [0.05, 0.1) is 6.61 Å². The molecular formula is C25H28N8O2. The number of amides is 1. The molecular weight excluding hydrogens is 444 g/mol. The minimum atomic E-state index is -0.322. The summed E-state index contributed by atoms with van der Waals surface area (Å²) in [6.07, 6.45) is 4.31. The third kappa shape index (κ3) is 6.04. The van der Waals surface area contributed by atoms with E-state index in [1.54, 1.807) is 6.20 Å². The van der Waals surface area contributed by atoms with Gasteiger partial charge >= 0.3 is 0 Å². The van der Waals surface area contributed by atoms with Crippen molar-refractivity contribution in [2.45, 2.75) is 32.7 Å². The molecule has 35 heavy (non-hydrogen) atoms. The zero-order valence-electron chi connectivity index (χ0n) is 19.5. The fourth-order valence-electron chi connectivity index (χ4n) is 3.64. The second-order valence-corrected chi connectivity index (χ2v) is 7.98. The summed E-state index contributed by atoms with van der Waals surface area (Å²) in [5.41, 5.74) is 4.36. The predicted octanol–water partition coefficient (Wildman–Crippen LogP) is 3.00. The molecule has 4 N–H and O–H groups in total. The van der Waals surface area contributed by atoms with Gasteiger partial charge in [-0.1, -0.05) is 61.9 Å². The zero-order chi connectivity index (χ0) is 24.5. The number of carbonyl (C=O) groups excluding carboxylic acids is 1. The molecule has 0 radical (unpaired) electrons. The van der Waals surface area contributed by atoms with Crippen molar-refractivity contribution < 1.29 is 9.90 Å². The summed E-state index contributed by atoms with van der Waals surface area (Å²) >= 11 is 0. The third-order valence-electron chi connectivity index (χ3n) is 5.49. The topological polar surface area (TPSA) is 142 Å². The number of H-pyrrole nitrogens is 1. The average Bonchev–Trinajstić information content (AvgIpc) is 3.45. The lowest BCUT2D eigenvalue weighted by molar-refractivity contribution is 0.0945. The van der Waals surface area contributed by atoms with Gasteiger partial charge in [0.2, 0.25) is 0 Å². The highest BCUT2D eigenvalue weighted by Crippen LogP contribution is 2.29. The van der Waals surface area contributed by atoms with E-state index >= 15 is 0 Å². The first-order valence-corrected chi connectivity index (χ1v) is 11.6. The number of hydrogen-bond acceptors (Lipinski definition) is 8. The van der Waals surface area contributed by atoms with Crippen LogP contribution in [0.15, 0.2) is 54.7 Å². The van der Waals surface area contributed by atoms with Crippen LogP contribution in [0.25, 0.3) is 22.5 Å². The van der Waals surface area contributed by atoms with Crippen LogP contribution in [0.5, 0.6) is 0 Å². The number of unbranched alkanes of at least 4 members (excludes halogenated alkanes) is 1. The molecule has 10 nitrogen and oxygen atoms in total. The number of aliphatic hydroxyl groups is 1. The maximum absolute atomic E-state index is 12.5. The largest absolute Gasteiger partial charge is 0.395 e. The molecule has 0 fully saturated rings. The Morgan fingerprint density at radius 3 is 2.60 bits per heavy atom. The van der Waals surface area contributed by atoms with Crippen LogP contribution >= 0.6 is 0 Å². The lowest BCUT2D eigenvalue weighted by Crippen LogP contribution is -2.28. The molecule has 4 rings (SSSR count). The van der Waals surface area contributed by atoms with Gasteiger partial charge in [0.1, 0.15) is 17.2 Å². The molecule has 1 amide bonds. The molecule has 0 aliphatic heterocycles. The van der Waals surface area contributed by atoms with E-state index in [1.807, 2.05) is 48.5 Å². The van der Waals surface area contributed by atoms with E-state index in [2.05, 4.69) is 48.1 Å². The van der Waals surface area contributed by atoms with E-state index in [-0.39, 0.29) is 19.1 Å². The summed E-state index contributed by atoms with van der Waals surface area (Å²) in [6.45, 7) is 2.63. The van der Waals surface area contributed by atoms with E-state index in [0.717, 1.165) is 41.5 Å². The monoisotopic (exact) mass is 472 g/mol. The quantitative estimate of drug-likeness (QED) is 0.261. The molecule has 0 saturated carbocycles. The van der Waals surface area contributed by atoms with E-state index < -0.39 is 0 Å². The van der Waals surface area contributed by atoms with Gasteiger partial charge in [-0.15, -0.1) is 5.10 Å². The van der Waals surface area contributed by atoms with Gasteiger partial charge in [0, 0.05) is 31.3 Å². The van der Waals surface area contributed by atoms with Crippen LogP contribution in [0.2, 0.25) is 0 Å². The fourth-order valence-corrected chi connectivity index (χ4v) is 3.64. The van der Waals surface area contributed by atoms with Gasteiger partial charge in [0.15, 0.2) is 5.82 Å². The first-order valence-electron chi connectivity index (χ1n) is 11.6. The number of aromatic nitrogens is 6. The van der Waals surface area contributed by atoms with Gasteiger partial charge in [-0.2, -0.15) is 0 Å². The minimum absolute atomic E-state index is 0.133. The molecule has 180 valence electrons. The lowest BCUT2D eigenvalue weighted by Gasteiger charge is -2.13. The number of aryl methyl sites for hydroxylation is 1. The first-order chi connectivity index (χ1) is 17.2. The molecule has 2 aromatic heterocycles. The number of hydrogen-bond donors (Lipinski definition) is 4. The molecule has 2 heterocycles. The molecule has 0 atom stereocenters. The standard InChI is InChI=1S/C25H28N8O2/c1-2-3-8-22-27-16-21(25(35)26-13-14-34)23(29-22)28-15-17-9-11-18(12-10-17)19-6-4-5-7-20(19)24-30-32-33-31-24/h4-7,9-12,16,34H,2-3,8,13-15H2,1H3,(H,26,35)(H,27,28,29)(H,30,31,32,33). The second-order valence-electron chi connectivity index (χ2n) is 7.98. The smallest absolute Gasteiger partial charge is 0.256 e. The van der Waals surface area contributed by atoms with Crippen molar-refractivity contribution in [3.8, 4) is 22.5 Å². The van der Waals surface area contributed by atoms with Crippen LogP contribution in [-0.2, 0) is 13.0 Å². The number of nitrogens with one attached hydrogen (secondary N) is 3. The predicted molar refractivity (Wildman–Crippen MR) is 132 cm³/mol. The molecule has 0 spiro atoms. The SMILES string of the molecule is CCCCc1ncc(C(=O)NCCO)c(NCc2ccc(-c3ccccc3-c3nnn[nH]3)cc2)n1. The van der Waals surface area contributed by atoms with E-state index in [4.69, 9.17) is 5.11 Å². The Hall–Kier alpha value is -4.18. The number of benzene rings is 2. The van der Waals surface area contributed by atoms with E-state index in [1.165, 1.54) is 0 Å². The first kappa shape index (κ1) is 24.0. The summed E-state index contributed by atoms with van der Waals surface area (Å²) in [7, 11) is 0. The highest BCUT2D eigenvalue weighted by Gasteiger charge is 2.15. The molecule has 0 bridgehead atoms. The molecule has 0 aliphatic carbocycles. The van der Waals surface area contributed by atoms with Crippen LogP contribution in [0, 0.1) is 0 Å². The Morgan fingerprint density at radius 2 is 1.89 bits per heavy atom. The average molecular weight is 473 g/mol. The van der Waals surface area contributed by atoms with E-state index in [0.29, 0.717) is 29.6 Å². The molecule has 0 aliphatic rings. The number of rotatable bonds is 11. The maximum Gasteiger partial charge on any atom is 0.256 e. The van der Waals surface area contributed by atoms with E-state index in [9.17, 15) is 4.79 Å². The zero-order valence-corrected chi connectivity index (χ0v) is 19.5. The van der Waals surface area contributed by atoms with Crippen LogP contribution in [0.1, 0.15) is 41.5 Å². The summed E-state index contributed by atoms with van der Waals surface area (Å²) in [6, 6.07) is 16.1. The van der Waals surface area contributed by atoms with Gasteiger partial charge in [-0.25, -0.2) is 15.1 Å². The number of carbonyl (C=O) groups is 1. The van der Waals surface area contributed by atoms with Gasteiger partial charge in [-0.3, -0.25) is 4.79 Å². The lowest BCUT2D eigenvalue weighted by atomic mass is 9.98. The number of aromatic amines is 1. The van der Waals surface area contributed by atoms with Crippen molar-refractivity contribution in [3.05, 3.63) is 71.7 Å². The Kier molecular flexibility index (Phi) is 8.08. The van der Waals surface area contributed by atoms with Crippen LogP contribution in [0.4, 0.5) is 5.82 Å². The van der Waals surface area contributed by atoms with Crippen molar-refractivity contribution in [1.29, 1.82) is 0 Å². The van der Waals surface area contributed by atoms with Crippen LogP contribution in [0.3, 0.4) is 0 Å². The molecule has 0 saturated heterocycles. The highest BCUT2D eigenvalue weighted by molar-refractivity contribution is 5.98. The fraction of sp³-hybridized carbons (Fsp3) is 0.280. The molecule has 4 aromatic rings. The Labute approximate surface area is 203 Å². The van der Waals surface area contributed by atoms with Gasteiger partial charge < -0.3 is 15.7 Å². The summed E-state index contributed by atoms with van der Waals surface area (Å²) in [4.78, 5) is 21.5. The van der Waals surface area contributed by atoms with Crippen LogP contribution in [-0.4, -0.2) is 54.8 Å². The highest BCUT2D eigenvalue weighted by atomic mass is 16.3. The molecule has 2 aromatic carbocycles. The third-order valence-corrected chi connectivity index (χ3v) is 5.49. The van der Waals surface area contributed by atoms with Crippen molar-refractivity contribution >= 4 is 11.7 Å². The Balaban J connectivity index is 1.51. The number of nitrogens with zero attached hydrogens (tertiary/aromatic N) is 5. The Bertz CT molecular complexity index is 1240. The summed E-state index contributed by atoms with van der Waals surface area (Å²) in [5, 5.41) is 29.2. The van der Waals surface area contributed by atoms with Crippen molar-refractivity contribution in [2.24, 2.45) is 0 Å². The second kappa shape index (κ2) is 11.8. The van der Waals surface area contributed by atoms with Gasteiger partial charge in [-0.05, 0) is 33.5 Å². The van der Waals surface area contributed by atoms with Crippen molar-refractivity contribution in [2.75, 3.05) is 18.5 Å². The normalized spacial score (nSPS) is 10.8. The van der Waals surface area contributed by atoms with Crippen molar-refractivity contribution in [1.82, 2.24) is 35.9 Å². The molecule has 0 unspecified atom stereocenters. The van der Waals surface area contributed by atoms with Gasteiger partial charge in [0.25, 0.3) is 5.91 Å².